The molecule has 0 aliphatic heterocycles. The molecule has 0 N–H and O–H groups in total. The number of thioether (sulfide) groups is 1. The van der Waals surface area contributed by atoms with E-state index in [0.29, 0.717) is 11.4 Å². The molecule has 4 nitrogen and oxygen atoms in total. The van der Waals surface area contributed by atoms with Gasteiger partial charge in [-0.15, -0.1) is 10.2 Å². The van der Waals surface area contributed by atoms with Crippen molar-refractivity contribution in [1.82, 2.24) is 14.8 Å². The minimum Gasteiger partial charge on any atom is -0.270 e. The molecule has 25 heavy (non-hydrogen) atoms. The predicted octanol–water partition coefficient (Wildman–Crippen LogP) is 5.29. The van der Waals surface area contributed by atoms with Gasteiger partial charge in [-0.05, 0) is 49.7 Å². The van der Waals surface area contributed by atoms with Crippen molar-refractivity contribution in [1.29, 1.82) is 5.26 Å². The molecule has 0 bridgehead atoms. The second kappa shape index (κ2) is 8.19. The maximum absolute atomic E-state index is 8.69. The molecule has 6 heteroatoms. The Labute approximate surface area is 156 Å². The molecule has 0 radical (unpaired) electrons. The summed E-state index contributed by atoms with van der Waals surface area (Å²) in [7, 11) is 0. The van der Waals surface area contributed by atoms with Crippen molar-refractivity contribution in [3.63, 3.8) is 0 Å². The van der Waals surface area contributed by atoms with E-state index in [1.165, 1.54) is 5.56 Å². The van der Waals surface area contributed by atoms with Crippen molar-refractivity contribution < 1.29 is 0 Å². The van der Waals surface area contributed by atoms with Gasteiger partial charge in [-0.3, -0.25) is 4.57 Å². The second-order valence-corrected chi connectivity index (χ2v) is 7.09. The zero-order valence-corrected chi connectivity index (χ0v) is 15.4. The first-order valence-electron chi connectivity index (χ1n) is 7.97. The lowest BCUT2D eigenvalue weighted by atomic mass is 10.2. The highest BCUT2D eigenvalue weighted by Gasteiger charge is 2.16. The SMILES string of the molecule is Cc1ccc(-n2c(SCCCC#N)nnc2-c2ccc(Cl)cc2)cc1. The van der Waals surface area contributed by atoms with E-state index in [1.807, 2.05) is 24.3 Å². The molecule has 126 valence electrons. The van der Waals surface area contributed by atoms with Gasteiger partial charge >= 0.3 is 0 Å². The van der Waals surface area contributed by atoms with Gasteiger partial charge in [0.15, 0.2) is 11.0 Å². The fraction of sp³-hybridized carbons (Fsp3) is 0.211. The molecule has 2 aromatic carbocycles. The summed E-state index contributed by atoms with van der Waals surface area (Å²) in [6.45, 7) is 2.06. The molecule has 1 heterocycles. The molecule has 0 amide bonds. The van der Waals surface area contributed by atoms with Crippen LogP contribution in [0.4, 0.5) is 0 Å². The van der Waals surface area contributed by atoms with Crippen LogP contribution in [-0.2, 0) is 0 Å². The molecule has 3 aromatic rings. The van der Waals surface area contributed by atoms with Crippen LogP contribution in [0.3, 0.4) is 0 Å². The second-order valence-electron chi connectivity index (χ2n) is 5.59. The summed E-state index contributed by atoms with van der Waals surface area (Å²) >= 11 is 7.62. The van der Waals surface area contributed by atoms with Crippen LogP contribution in [0.1, 0.15) is 18.4 Å². The van der Waals surface area contributed by atoms with Gasteiger partial charge in [-0.25, -0.2) is 0 Å². The Kier molecular flexibility index (Phi) is 5.75. The van der Waals surface area contributed by atoms with Gasteiger partial charge in [0.05, 0.1) is 6.07 Å². The smallest absolute Gasteiger partial charge is 0.196 e. The van der Waals surface area contributed by atoms with Gasteiger partial charge in [0, 0.05) is 28.4 Å². The minimum atomic E-state index is 0.551. The lowest BCUT2D eigenvalue weighted by molar-refractivity contribution is 0.879. The summed E-state index contributed by atoms with van der Waals surface area (Å²) in [5, 5.41) is 19.0. The number of unbranched alkanes of at least 4 members (excludes halogenated alkanes) is 1. The summed E-state index contributed by atoms with van der Waals surface area (Å²) in [5.41, 5.74) is 3.18. The van der Waals surface area contributed by atoms with Crippen LogP contribution in [0.15, 0.2) is 53.7 Å². The number of nitrogens with zero attached hydrogens (tertiary/aromatic N) is 4. The number of aryl methyl sites for hydroxylation is 1. The Balaban J connectivity index is 2.00. The molecule has 0 fully saturated rings. The molecular formula is C19H17ClN4S. The average molecular weight is 369 g/mol. The standard InChI is InChI=1S/C19H17ClN4S/c1-14-4-10-17(11-5-14)24-18(15-6-8-16(20)9-7-15)22-23-19(24)25-13-3-2-12-21/h4-11H,2-3,13H2,1H3. The lowest BCUT2D eigenvalue weighted by Crippen LogP contribution is -2.00. The molecule has 3 rings (SSSR count). The normalized spacial score (nSPS) is 10.6. The third-order valence-electron chi connectivity index (χ3n) is 3.69. The van der Waals surface area contributed by atoms with Gasteiger partial charge in [0.1, 0.15) is 0 Å². The van der Waals surface area contributed by atoms with E-state index in [2.05, 4.69) is 52.0 Å². The summed E-state index contributed by atoms with van der Waals surface area (Å²) in [4.78, 5) is 0. The zero-order valence-electron chi connectivity index (χ0n) is 13.8. The number of hydrogen-bond donors (Lipinski definition) is 0. The van der Waals surface area contributed by atoms with Gasteiger partial charge in [0.25, 0.3) is 0 Å². The van der Waals surface area contributed by atoms with Crippen LogP contribution >= 0.6 is 23.4 Å². The summed E-state index contributed by atoms with van der Waals surface area (Å²) < 4.78 is 2.06. The topological polar surface area (TPSA) is 54.5 Å². The molecule has 0 aliphatic rings. The zero-order chi connectivity index (χ0) is 17.6. The maximum atomic E-state index is 8.69. The van der Waals surface area contributed by atoms with Crippen molar-refractivity contribution in [3.8, 4) is 23.1 Å². The van der Waals surface area contributed by atoms with Crippen molar-refractivity contribution >= 4 is 23.4 Å². The predicted molar refractivity (Wildman–Crippen MR) is 102 cm³/mol. The first-order chi connectivity index (χ1) is 12.2. The quantitative estimate of drug-likeness (QED) is 0.438. The van der Waals surface area contributed by atoms with Crippen LogP contribution in [0.5, 0.6) is 0 Å². The van der Waals surface area contributed by atoms with Gasteiger partial charge in [0.2, 0.25) is 0 Å². The first kappa shape index (κ1) is 17.5. The molecular weight excluding hydrogens is 352 g/mol. The molecule has 0 spiro atoms. The number of rotatable bonds is 6. The third kappa shape index (κ3) is 4.22. The van der Waals surface area contributed by atoms with E-state index >= 15 is 0 Å². The molecule has 0 saturated heterocycles. The highest BCUT2D eigenvalue weighted by Crippen LogP contribution is 2.29. The van der Waals surface area contributed by atoms with E-state index in [0.717, 1.165) is 34.4 Å². The number of hydrogen-bond acceptors (Lipinski definition) is 4. The highest BCUT2D eigenvalue weighted by molar-refractivity contribution is 7.99. The van der Waals surface area contributed by atoms with Gasteiger partial charge in [-0.1, -0.05) is 41.1 Å². The number of halogens is 1. The average Bonchev–Trinajstić information content (AvgIpc) is 3.04. The van der Waals surface area contributed by atoms with Crippen molar-refractivity contribution in [2.24, 2.45) is 0 Å². The van der Waals surface area contributed by atoms with Gasteiger partial charge < -0.3 is 0 Å². The number of aromatic nitrogens is 3. The maximum Gasteiger partial charge on any atom is 0.196 e. The summed E-state index contributed by atoms with van der Waals surface area (Å²) in [6.07, 6.45) is 1.38. The Morgan fingerprint density at radius 2 is 1.80 bits per heavy atom. The first-order valence-corrected chi connectivity index (χ1v) is 9.33. The van der Waals surface area contributed by atoms with Crippen LogP contribution in [0, 0.1) is 18.3 Å². The minimum absolute atomic E-state index is 0.551. The Hall–Kier alpha value is -2.29. The molecule has 0 atom stereocenters. The highest BCUT2D eigenvalue weighted by atomic mass is 35.5. The van der Waals surface area contributed by atoms with E-state index in [4.69, 9.17) is 16.9 Å². The van der Waals surface area contributed by atoms with E-state index in [9.17, 15) is 0 Å². The van der Waals surface area contributed by atoms with E-state index in [-0.39, 0.29) is 0 Å². The van der Waals surface area contributed by atoms with Crippen LogP contribution in [0.25, 0.3) is 17.1 Å². The van der Waals surface area contributed by atoms with Crippen LogP contribution in [0.2, 0.25) is 5.02 Å². The fourth-order valence-corrected chi connectivity index (χ4v) is 3.41. The summed E-state index contributed by atoms with van der Waals surface area (Å²) in [6, 6.07) is 18.1. The van der Waals surface area contributed by atoms with Crippen LogP contribution < -0.4 is 0 Å². The van der Waals surface area contributed by atoms with Gasteiger partial charge in [-0.2, -0.15) is 5.26 Å². The van der Waals surface area contributed by atoms with Crippen molar-refractivity contribution in [2.75, 3.05) is 5.75 Å². The number of nitriles is 1. The largest absolute Gasteiger partial charge is 0.270 e. The third-order valence-corrected chi connectivity index (χ3v) is 4.96. The molecule has 0 unspecified atom stereocenters. The lowest BCUT2D eigenvalue weighted by Gasteiger charge is -2.10. The molecule has 1 aromatic heterocycles. The molecule has 0 aliphatic carbocycles. The fourth-order valence-electron chi connectivity index (χ4n) is 2.39. The Bertz CT molecular complexity index is 879. The Morgan fingerprint density at radius 3 is 2.48 bits per heavy atom. The summed E-state index contributed by atoms with van der Waals surface area (Å²) in [5.74, 6) is 1.61. The molecule has 0 saturated carbocycles. The van der Waals surface area contributed by atoms with Crippen LogP contribution in [-0.4, -0.2) is 20.5 Å². The monoisotopic (exact) mass is 368 g/mol. The van der Waals surface area contributed by atoms with E-state index in [1.54, 1.807) is 11.8 Å². The van der Waals surface area contributed by atoms with Crippen molar-refractivity contribution in [3.05, 3.63) is 59.1 Å². The van der Waals surface area contributed by atoms with E-state index < -0.39 is 0 Å². The number of benzene rings is 2. The Morgan fingerprint density at radius 1 is 1.08 bits per heavy atom. The van der Waals surface area contributed by atoms with Crippen molar-refractivity contribution in [2.45, 2.75) is 24.9 Å².